The van der Waals surface area contributed by atoms with Gasteiger partial charge < -0.3 is 10.1 Å². The molecular weight excluding hydrogens is 340 g/mol. The van der Waals surface area contributed by atoms with Gasteiger partial charge in [0.1, 0.15) is 0 Å². The minimum absolute atomic E-state index is 0. The first kappa shape index (κ1) is 19.9. The molecule has 0 unspecified atom stereocenters. The van der Waals surface area contributed by atoms with Gasteiger partial charge in [0.05, 0.1) is 18.4 Å². The fourth-order valence-electron chi connectivity index (χ4n) is 2.63. The number of nitrogens with zero attached hydrogens (tertiary/aromatic N) is 1. The number of methoxy groups -OCH3 is 1. The van der Waals surface area contributed by atoms with Gasteiger partial charge in [-0.3, -0.25) is 0 Å². The van der Waals surface area contributed by atoms with Crippen molar-refractivity contribution in [3.63, 3.8) is 0 Å². The zero-order valence-electron chi connectivity index (χ0n) is 13.3. The van der Waals surface area contributed by atoms with Crippen LogP contribution >= 0.6 is 12.4 Å². The predicted octanol–water partition coefficient (Wildman–Crippen LogP) is 1.41. The summed E-state index contributed by atoms with van der Waals surface area (Å²) in [6.07, 6.45) is 1.63. The highest BCUT2D eigenvalue weighted by molar-refractivity contribution is 7.88. The van der Waals surface area contributed by atoms with Crippen molar-refractivity contribution in [1.29, 1.82) is 0 Å². The third-order valence-corrected chi connectivity index (χ3v) is 5.80. The Morgan fingerprint density at radius 1 is 1.35 bits per heavy atom. The molecule has 130 valence electrons. The lowest BCUT2D eigenvalue weighted by Crippen LogP contribution is -2.44. The molecule has 1 N–H and O–H groups in total. The van der Waals surface area contributed by atoms with E-state index in [9.17, 15) is 13.2 Å². The largest absolute Gasteiger partial charge is 0.465 e. The summed E-state index contributed by atoms with van der Waals surface area (Å²) in [6.45, 7) is 1.06. The van der Waals surface area contributed by atoms with Crippen LogP contribution in [0.25, 0.3) is 0 Å². The molecule has 8 heteroatoms. The molecule has 0 spiro atoms. The van der Waals surface area contributed by atoms with Crippen LogP contribution in [0.2, 0.25) is 0 Å². The van der Waals surface area contributed by atoms with Gasteiger partial charge in [-0.15, -0.1) is 12.4 Å². The van der Waals surface area contributed by atoms with Crippen molar-refractivity contribution in [2.45, 2.75) is 24.6 Å². The Balaban J connectivity index is 0.00000264. The first-order valence-electron chi connectivity index (χ1n) is 7.28. The van der Waals surface area contributed by atoms with Crippen LogP contribution in [0.4, 0.5) is 0 Å². The number of carbonyl (C=O) groups is 1. The van der Waals surface area contributed by atoms with Gasteiger partial charge >= 0.3 is 5.97 Å². The van der Waals surface area contributed by atoms with Crippen molar-refractivity contribution >= 4 is 28.4 Å². The van der Waals surface area contributed by atoms with Crippen molar-refractivity contribution in [2.24, 2.45) is 0 Å². The number of piperidine rings is 1. The molecule has 0 atom stereocenters. The molecule has 0 saturated carbocycles. The fraction of sp³-hybridized carbons (Fsp3) is 0.533. The fourth-order valence-corrected chi connectivity index (χ4v) is 4.18. The number of carbonyl (C=O) groups excluding carboxylic acids is 1. The van der Waals surface area contributed by atoms with E-state index in [4.69, 9.17) is 0 Å². The van der Waals surface area contributed by atoms with Crippen LogP contribution in [-0.4, -0.2) is 52.0 Å². The maximum atomic E-state index is 12.5. The van der Waals surface area contributed by atoms with Gasteiger partial charge in [0.15, 0.2) is 0 Å². The Hall–Kier alpha value is -1.15. The number of hydrogen-bond acceptors (Lipinski definition) is 5. The molecule has 23 heavy (non-hydrogen) atoms. The first-order valence-corrected chi connectivity index (χ1v) is 8.89. The van der Waals surface area contributed by atoms with E-state index in [-0.39, 0.29) is 18.2 Å². The van der Waals surface area contributed by atoms with E-state index in [0.717, 1.165) is 12.8 Å². The van der Waals surface area contributed by atoms with Crippen molar-refractivity contribution in [3.8, 4) is 0 Å². The lowest BCUT2D eigenvalue weighted by Gasteiger charge is -2.31. The number of esters is 1. The Bertz CT molecular complexity index is 628. The summed E-state index contributed by atoms with van der Waals surface area (Å²) in [5.74, 6) is -0.559. The summed E-state index contributed by atoms with van der Waals surface area (Å²) in [5.41, 5.74) is 0.961. The number of benzene rings is 1. The Morgan fingerprint density at radius 3 is 2.57 bits per heavy atom. The quantitative estimate of drug-likeness (QED) is 0.801. The van der Waals surface area contributed by atoms with Gasteiger partial charge in [0, 0.05) is 19.1 Å². The molecule has 1 aromatic rings. The van der Waals surface area contributed by atoms with Crippen LogP contribution in [0.15, 0.2) is 24.3 Å². The summed E-state index contributed by atoms with van der Waals surface area (Å²) in [4.78, 5) is 11.5. The van der Waals surface area contributed by atoms with Crippen LogP contribution < -0.4 is 5.32 Å². The number of ether oxygens (including phenoxy) is 1. The van der Waals surface area contributed by atoms with Crippen molar-refractivity contribution in [1.82, 2.24) is 9.62 Å². The maximum Gasteiger partial charge on any atom is 0.337 e. The first-order chi connectivity index (χ1) is 10.5. The Kier molecular flexibility index (Phi) is 7.47. The average molecular weight is 363 g/mol. The zero-order valence-corrected chi connectivity index (χ0v) is 15.0. The lowest BCUT2D eigenvalue weighted by molar-refractivity contribution is 0.0600. The summed E-state index contributed by atoms with van der Waals surface area (Å²) in [5, 5.41) is 3.18. The molecular formula is C15H23ClN2O4S. The number of rotatable bonds is 5. The summed E-state index contributed by atoms with van der Waals surface area (Å²) < 4.78 is 31.2. The number of nitrogens with one attached hydrogen (secondary N) is 1. The van der Waals surface area contributed by atoms with Crippen LogP contribution in [0, 0.1) is 0 Å². The monoisotopic (exact) mass is 362 g/mol. The van der Waals surface area contributed by atoms with Crippen LogP contribution in [0.3, 0.4) is 0 Å². The Labute approximate surface area is 143 Å². The smallest absolute Gasteiger partial charge is 0.337 e. The molecule has 1 heterocycles. The molecule has 0 amide bonds. The van der Waals surface area contributed by atoms with E-state index in [0.29, 0.717) is 30.3 Å². The summed E-state index contributed by atoms with van der Waals surface area (Å²) in [6, 6.07) is 6.95. The van der Waals surface area contributed by atoms with Gasteiger partial charge in [-0.25, -0.2) is 17.5 Å². The second-order valence-electron chi connectivity index (χ2n) is 5.41. The van der Waals surface area contributed by atoms with E-state index in [2.05, 4.69) is 10.1 Å². The molecule has 0 bridgehead atoms. The van der Waals surface area contributed by atoms with Gasteiger partial charge in [-0.2, -0.15) is 0 Å². The average Bonchev–Trinajstić information content (AvgIpc) is 2.54. The number of sulfonamides is 1. The molecule has 1 saturated heterocycles. The third-order valence-electron chi connectivity index (χ3n) is 3.95. The van der Waals surface area contributed by atoms with E-state index < -0.39 is 16.0 Å². The standard InChI is InChI=1S/C15H22N2O4S.ClH/c1-16-14-6-8-17(9-7-14)22(19,20)11-12-4-3-5-13(10-12)15(18)21-2;/h3-5,10,14,16H,6-9,11H2,1-2H3;1H. The molecule has 0 aromatic heterocycles. The maximum absolute atomic E-state index is 12.5. The van der Waals surface area contributed by atoms with Gasteiger partial charge in [0.25, 0.3) is 0 Å². The topological polar surface area (TPSA) is 75.7 Å². The molecule has 0 radical (unpaired) electrons. The van der Waals surface area contributed by atoms with Crippen LogP contribution in [0.5, 0.6) is 0 Å². The normalized spacial score (nSPS) is 16.6. The van der Waals surface area contributed by atoms with Crippen molar-refractivity contribution in [2.75, 3.05) is 27.2 Å². The SMILES string of the molecule is CNC1CCN(S(=O)(=O)Cc2cccc(C(=O)OC)c2)CC1.Cl. The second kappa shape index (κ2) is 8.63. The lowest BCUT2D eigenvalue weighted by atomic mass is 10.1. The molecule has 1 fully saturated rings. The van der Waals surface area contributed by atoms with Gasteiger partial charge in [-0.1, -0.05) is 12.1 Å². The molecule has 1 aliphatic heterocycles. The van der Waals surface area contributed by atoms with E-state index in [1.54, 1.807) is 24.3 Å². The highest BCUT2D eigenvalue weighted by atomic mass is 35.5. The number of halogens is 1. The van der Waals surface area contributed by atoms with E-state index in [1.165, 1.54) is 11.4 Å². The highest BCUT2D eigenvalue weighted by Gasteiger charge is 2.27. The molecule has 6 nitrogen and oxygen atoms in total. The van der Waals surface area contributed by atoms with Crippen molar-refractivity contribution < 1.29 is 17.9 Å². The second-order valence-corrected chi connectivity index (χ2v) is 7.38. The Morgan fingerprint density at radius 2 is 2.00 bits per heavy atom. The van der Waals surface area contributed by atoms with Gasteiger partial charge in [0.2, 0.25) is 10.0 Å². The van der Waals surface area contributed by atoms with Crippen molar-refractivity contribution in [3.05, 3.63) is 35.4 Å². The van der Waals surface area contributed by atoms with E-state index >= 15 is 0 Å². The molecule has 1 aromatic carbocycles. The minimum atomic E-state index is -3.36. The van der Waals surface area contributed by atoms with Gasteiger partial charge in [-0.05, 0) is 37.6 Å². The summed E-state index contributed by atoms with van der Waals surface area (Å²) in [7, 11) is -0.165. The van der Waals surface area contributed by atoms with Crippen LogP contribution in [0.1, 0.15) is 28.8 Å². The third kappa shape index (κ3) is 5.17. The number of hydrogen-bond donors (Lipinski definition) is 1. The molecule has 0 aliphatic carbocycles. The summed E-state index contributed by atoms with van der Waals surface area (Å²) >= 11 is 0. The highest BCUT2D eigenvalue weighted by Crippen LogP contribution is 2.18. The zero-order chi connectivity index (χ0) is 16.2. The van der Waals surface area contributed by atoms with E-state index in [1.807, 2.05) is 7.05 Å². The molecule has 1 aliphatic rings. The predicted molar refractivity (Wildman–Crippen MR) is 91.3 cm³/mol. The minimum Gasteiger partial charge on any atom is -0.465 e. The van der Waals surface area contributed by atoms with Crippen LogP contribution in [-0.2, 0) is 20.5 Å². The molecule has 2 rings (SSSR count).